The first-order valence-electron chi connectivity index (χ1n) is 11.0. The van der Waals surface area contributed by atoms with Gasteiger partial charge in [0.2, 0.25) is 0 Å². The molecule has 4 fully saturated rings. The van der Waals surface area contributed by atoms with Gasteiger partial charge in [0.15, 0.2) is 0 Å². The third kappa shape index (κ3) is 2.36. The van der Waals surface area contributed by atoms with Crippen molar-refractivity contribution in [3.05, 3.63) is 0 Å². The number of fused-ring (bicyclic) bond motifs is 4. The molecule has 0 saturated heterocycles. The first-order valence-corrected chi connectivity index (χ1v) is 11.0. The minimum atomic E-state index is 0.960. The van der Waals surface area contributed by atoms with Crippen molar-refractivity contribution in [1.82, 2.24) is 0 Å². The van der Waals surface area contributed by atoms with Crippen molar-refractivity contribution in [3.8, 4) is 0 Å². The second-order valence-electron chi connectivity index (χ2n) is 10.3. The summed E-state index contributed by atoms with van der Waals surface area (Å²) in [7, 11) is 0. The van der Waals surface area contributed by atoms with Gasteiger partial charge in [-0.15, -0.1) is 0 Å². The van der Waals surface area contributed by atoms with E-state index < -0.39 is 0 Å². The van der Waals surface area contributed by atoms with Crippen LogP contribution in [0.5, 0.6) is 0 Å². The Morgan fingerprint density at radius 1 is 0.652 bits per heavy atom. The molecule has 9 unspecified atom stereocenters. The van der Waals surface area contributed by atoms with Crippen LogP contribution in [0.1, 0.15) is 79.6 Å². The van der Waals surface area contributed by atoms with E-state index in [1.54, 1.807) is 25.7 Å². The summed E-state index contributed by atoms with van der Waals surface area (Å²) in [5.41, 5.74) is 0. The van der Waals surface area contributed by atoms with Gasteiger partial charge in [-0.25, -0.2) is 0 Å². The smallest absolute Gasteiger partial charge is 0.0326 e. The lowest BCUT2D eigenvalue weighted by molar-refractivity contribution is 0.00212. The molecular weight excluding hydrogens is 276 g/mol. The number of hydrogen-bond acceptors (Lipinski definition) is 0. The number of hydrogen-bond donors (Lipinski definition) is 0. The van der Waals surface area contributed by atoms with Crippen molar-refractivity contribution in [2.75, 3.05) is 0 Å². The van der Waals surface area contributed by atoms with Crippen molar-refractivity contribution >= 4 is 0 Å². The van der Waals surface area contributed by atoms with Gasteiger partial charge in [-0.3, -0.25) is 0 Å². The maximum absolute atomic E-state index is 2.67. The van der Waals surface area contributed by atoms with Gasteiger partial charge in [0.1, 0.15) is 0 Å². The van der Waals surface area contributed by atoms with Gasteiger partial charge in [-0.1, -0.05) is 60.3 Å². The Labute approximate surface area is 145 Å². The van der Waals surface area contributed by atoms with E-state index in [0.717, 1.165) is 65.1 Å². The molecule has 0 radical (unpaired) electrons. The molecule has 0 spiro atoms. The standard InChI is InChI=1S/C23H40/c1-6-17-11-20-21-12-18-9-7-8-10-19(18)15(4)23(21)16(5)22(20)14(3)13(17)2/h13-23H,6-12H2,1-5H3/t13?,14?,15?,16?,17?,18-,19+,20?,21?,22?,23?/m1/s1. The molecule has 0 nitrogen and oxygen atoms in total. The summed E-state index contributed by atoms with van der Waals surface area (Å²) < 4.78 is 0. The van der Waals surface area contributed by atoms with Crippen molar-refractivity contribution in [2.24, 2.45) is 65.1 Å². The quantitative estimate of drug-likeness (QED) is 0.508. The van der Waals surface area contributed by atoms with E-state index in [9.17, 15) is 0 Å². The van der Waals surface area contributed by atoms with E-state index in [1.807, 2.05) is 0 Å². The third-order valence-corrected chi connectivity index (χ3v) is 9.86. The SMILES string of the molecule is CCC1CC2C3C[C@H]4CCCC[C@H]4C(C)C3C(C)C2C(C)C1C. The fraction of sp³-hybridized carbons (Fsp3) is 1.00. The Bertz CT molecular complexity index is 426. The predicted molar refractivity (Wildman–Crippen MR) is 99.1 cm³/mol. The van der Waals surface area contributed by atoms with Gasteiger partial charge in [0.25, 0.3) is 0 Å². The highest BCUT2D eigenvalue weighted by molar-refractivity contribution is 5.07. The first-order chi connectivity index (χ1) is 11.0. The molecule has 0 amide bonds. The molecular formula is C23H40. The van der Waals surface area contributed by atoms with E-state index in [2.05, 4.69) is 34.6 Å². The van der Waals surface area contributed by atoms with Gasteiger partial charge in [0.05, 0.1) is 0 Å². The molecule has 4 rings (SSSR count). The zero-order chi connectivity index (χ0) is 16.3. The first kappa shape index (κ1) is 16.5. The molecule has 0 N–H and O–H groups in total. The summed E-state index contributed by atoms with van der Waals surface area (Å²) in [4.78, 5) is 0. The van der Waals surface area contributed by atoms with E-state index in [-0.39, 0.29) is 0 Å². The van der Waals surface area contributed by atoms with Gasteiger partial charge in [0, 0.05) is 0 Å². The van der Waals surface area contributed by atoms with Crippen molar-refractivity contribution in [3.63, 3.8) is 0 Å². The summed E-state index contributed by atoms with van der Waals surface area (Å²) >= 11 is 0. The second kappa shape index (κ2) is 6.06. The maximum Gasteiger partial charge on any atom is -0.0326 e. The molecule has 0 aromatic rings. The highest BCUT2D eigenvalue weighted by atomic mass is 14.6. The van der Waals surface area contributed by atoms with Crippen LogP contribution in [0.15, 0.2) is 0 Å². The summed E-state index contributed by atoms with van der Waals surface area (Å²) in [6.07, 6.45) is 10.8. The van der Waals surface area contributed by atoms with Crippen LogP contribution in [-0.2, 0) is 0 Å². The molecule has 11 atom stereocenters. The van der Waals surface area contributed by atoms with Gasteiger partial charge >= 0.3 is 0 Å². The molecule has 0 bridgehead atoms. The summed E-state index contributed by atoms with van der Waals surface area (Å²) in [5.74, 6) is 11.4. The Balaban J connectivity index is 1.64. The molecule has 4 aliphatic rings. The van der Waals surface area contributed by atoms with Crippen LogP contribution in [-0.4, -0.2) is 0 Å². The summed E-state index contributed by atoms with van der Waals surface area (Å²) in [6, 6.07) is 0. The van der Waals surface area contributed by atoms with Crippen LogP contribution in [0, 0.1) is 65.1 Å². The zero-order valence-electron chi connectivity index (χ0n) is 16.3. The predicted octanol–water partition coefficient (Wildman–Crippen LogP) is 6.65. The fourth-order valence-corrected chi connectivity index (χ4v) is 8.75. The third-order valence-electron chi connectivity index (χ3n) is 9.86. The Hall–Kier alpha value is 0. The lowest BCUT2D eigenvalue weighted by Crippen LogP contribution is -2.41. The lowest BCUT2D eigenvalue weighted by Gasteiger charge is -2.49. The van der Waals surface area contributed by atoms with Crippen LogP contribution in [0.4, 0.5) is 0 Å². The minimum absolute atomic E-state index is 0.960. The van der Waals surface area contributed by atoms with Crippen LogP contribution < -0.4 is 0 Å². The maximum atomic E-state index is 2.67. The fourth-order valence-electron chi connectivity index (χ4n) is 8.75. The average molecular weight is 317 g/mol. The van der Waals surface area contributed by atoms with Crippen LogP contribution in [0.2, 0.25) is 0 Å². The molecule has 0 aliphatic heterocycles. The van der Waals surface area contributed by atoms with Gasteiger partial charge in [-0.05, 0) is 84.4 Å². The summed E-state index contributed by atoms with van der Waals surface area (Å²) in [5, 5.41) is 0. The Morgan fingerprint density at radius 2 is 1.30 bits per heavy atom. The topological polar surface area (TPSA) is 0 Å². The normalized spacial score (nSPS) is 59.1. The zero-order valence-corrected chi connectivity index (χ0v) is 16.3. The van der Waals surface area contributed by atoms with Crippen molar-refractivity contribution in [1.29, 1.82) is 0 Å². The number of rotatable bonds is 1. The second-order valence-corrected chi connectivity index (χ2v) is 10.3. The van der Waals surface area contributed by atoms with Crippen molar-refractivity contribution in [2.45, 2.75) is 79.6 Å². The highest BCUT2D eigenvalue weighted by Gasteiger charge is 2.58. The monoisotopic (exact) mass is 316 g/mol. The van der Waals surface area contributed by atoms with Crippen LogP contribution in [0.3, 0.4) is 0 Å². The Kier molecular flexibility index (Phi) is 4.34. The van der Waals surface area contributed by atoms with Gasteiger partial charge in [-0.2, -0.15) is 0 Å². The van der Waals surface area contributed by atoms with E-state index in [4.69, 9.17) is 0 Å². The van der Waals surface area contributed by atoms with E-state index in [1.165, 1.54) is 19.3 Å². The van der Waals surface area contributed by atoms with Crippen molar-refractivity contribution < 1.29 is 0 Å². The van der Waals surface area contributed by atoms with Crippen LogP contribution in [0.25, 0.3) is 0 Å². The molecule has 0 aromatic carbocycles. The minimum Gasteiger partial charge on any atom is -0.0651 e. The average Bonchev–Trinajstić information content (AvgIpc) is 2.83. The highest BCUT2D eigenvalue weighted by Crippen LogP contribution is 2.65. The molecule has 0 heterocycles. The Morgan fingerprint density at radius 3 is 2.04 bits per heavy atom. The van der Waals surface area contributed by atoms with E-state index >= 15 is 0 Å². The largest absolute Gasteiger partial charge is 0.0651 e. The molecule has 132 valence electrons. The molecule has 0 aromatic heterocycles. The van der Waals surface area contributed by atoms with E-state index in [0.29, 0.717) is 0 Å². The molecule has 23 heavy (non-hydrogen) atoms. The molecule has 4 aliphatic carbocycles. The molecule has 0 heteroatoms. The molecule has 4 saturated carbocycles. The van der Waals surface area contributed by atoms with Crippen LogP contribution >= 0.6 is 0 Å². The lowest BCUT2D eigenvalue weighted by atomic mass is 9.56. The van der Waals surface area contributed by atoms with Gasteiger partial charge < -0.3 is 0 Å². The summed E-state index contributed by atoms with van der Waals surface area (Å²) in [6.45, 7) is 13.0.